The monoisotopic (exact) mass is 229 g/mol. The van der Waals surface area contributed by atoms with Crippen LogP contribution in [0.25, 0.3) is 0 Å². The van der Waals surface area contributed by atoms with Crippen LogP contribution in [-0.2, 0) is 14.2 Å². The smallest absolute Gasteiger partial charge is 0.0620 e. The van der Waals surface area contributed by atoms with E-state index in [1.807, 2.05) is 0 Å². The van der Waals surface area contributed by atoms with E-state index in [1.54, 1.807) is 0 Å². The van der Waals surface area contributed by atoms with Gasteiger partial charge in [0.1, 0.15) is 0 Å². The standard InChI is InChI=1S/C12H23NO3/c1(4-13-12-3-7-16-10-12)5-14-8-11-2-6-15-9-11/h11-13H,1-10H2. The molecule has 0 saturated carbocycles. The minimum Gasteiger partial charge on any atom is -0.381 e. The molecule has 0 spiro atoms. The summed E-state index contributed by atoms with van der Waals surface area (Å²) in [6.07, 6.45) is 3.40. The normalized spacial score (nSPS) is 30.0. The first kappa shape index (κ1) is 12.3. The van der Waals surface area contributed by atoms with Crippen LogP contribution >= 0.6 is 0 Å². The molecular weight excluding hydrogens is 206 g/mol. The Kier molecular flexibility index (Phi) is 5.55. The van der Waals surface area contributed by atoms with Crippen LogP contribution in [0.15, 0.2) is 0 Å². The minimum absolute atomic E-state index is 0.572. The summed E-state index contributed by atoms with van der Waals surface area (Å²) in [4.78, 5) is 0. The summed E-state index contributed by atoms with van der Waals surface area (Å²) in [5, 5.41) is 3.48. The Morgan fingerprint density at radius 2 is 2.00 bits per heavy atom. The molecular formula is C12H23NO3. The third kappa shape index (κ3) is 4.37. The molecule has 0 aliphatic carbocycles. The number of nitrogens with one attached hydrogen (secondary N) is 1. The highest BCUT2D eigenvalue weighted by Gasteiger charge is 2.15. The van der Waals surface area contributed by atoms with Gasteiger partial charge in [0.25, 0.3) is 0 Å². The fourth-order valence-corrected chi connectivity index (χ4v) is 2.14. The number of rotatable bonds is 7. The SMILES string of the molecule is C(CNC1CCOC1)COCC1CCOC1. The molecule has 0 aromatic heterocycles. The van der Waals surface area contributed by atoms with Crippen LogP contribution in [0.5, 0.6) is 0 Å². The fraction of sp³-hybridized carbons (Fsp3) is 1.00. The van der Waals surface area contributed by atoms with E-state index in [0.29, 0.717) is 12.0 Å². The van der Waals surface area contributed by atoms with Crippen LogP contribution < -0.4 is 5.32 Å². The highest BCUT2D eigenvalue weighted by atomic mass is 16.5. The van der Waals surface area contributed by atoms with Gasteiger partial charge in [-0.1, -0.05) is 0 Å². The molecule has 2 unspecified atom stereocenters. The average Bonchev–Trinajstić information content (AvgIpc) is 2.96. The van der Waals surface area contributed by atoms with Crippen molar-refractivity contribution in [2.45, 2.75) is 25.3 Å². The summed E-state index contributed by atoms with van der Waals surface area (Å²) in [5.74, 6) is 0.635. The van der Waals surface area contributed by atoms with E-state index in [4.69, 9.17) is 14.2 Å². The molecule has 1 N–H and O–H groups in total. The number of hydrogen-bond acceptors (Lipinski definition) is 4. The first-order valence-electron chi connectivity index (χ1n) is 6.42. The van der Waals surface area contributed by atoms with Crippen molar-refractivity contribution in [1.82, 2.24) is 5.32 Å². The van der Waals surface area contributed by atoms with Gasteiger partial charge >= 0.3 is 0 Å². The molecule has 2 fully saturated rings. The zero-order chi connectivity index (χ0) is 11.1. The first-order chi connectivity index (χ1) is 7.95. The Hall–Kier alpha value is -0.160. The van der Waals surface area contributed by atoms with Crippen molar-refractivity contribution < 1.29 is 14.2 Å². The van der Waals surface area contributed by atoms with Crippen molar-refractivity contribution in [3.8, 4) is 0 Å². The van der Waals surface area contributed by atoms with Gasteiger partial charge in [0.2, 0.25) is 0 Å². The number of ether oxygens (including phenoxy) is 3. The predicted molar refractivity (Wildman–Crippen MR) is 61.6 cm³/mol. The van der Waals surface area contributed by atoms with Crippen molar-refractivity contribution in [2.75, 3.05) is 46.2 Å². The highest BCUT2D eigenvalue weighted by Crippen LogP contribution is 2.12. The van der Waals surface area contributed by atoms with Crippen molar-refractivity contribution in [3.63, 3.8) is 0 Å². The third-order valence-electron chi connectivity index (χ3n) is 3.21. The molecule has 0 radical (unpaired) electrons. The molecule has 2 aliphatic heterocycles. The lowest BCUT2D eigenvalue weighted by atomic mass is 10.1. The van der Waals surface area contributed by atoms with Crippen molar-refractivity contribution in [3.05, 3.63) is 0 Å². The van der Waals surface area contributed by atoms with E-state index >= 15 is 0 Å². The Bertz CT molecular complexity index is 157. The van der Waals surface area contributed by atoms with Gasteiger partial charge in [-0.05, 0) is 25.8 Å². The fourth-order valence-electron chi connectivity index (χ4n) is 2.14. The molecule has 94 valence electrons. The molecule has 0 bridgehead atoms. The maximum Gasteiger partial charge on any atom is 0.0620 e. The summed E-state index contributed by atoms with van der Waals surface area (Å²) < 4.78 is 16.2. The van der Waals surface area contributed by atoms with Crippen molar-refractivity contribution in [1.29, 1.82) is 0 Å². The van der Waals surface area contributed by atoms with E-state index in [0.717, 1.165) is 65.4 Å². The molecule has 2 aliphatic rings. The second kappa shape index (κ2) is 7.22. The minimum atomic E-state index is 0.572. The molecule has 2 atom stereocenters. The second-order valence-corrected chi connectivity index (χ2v) is 4.67. The zero-order valence-corrected chi connectivity index (χ0v) is 9.95. The summed E-state index contributed by atoms with van der Waals surface area (Å²) in [6.45, 7) is 6.35. The van der Waals surface area contributed by atoms with E-state index in [-0.39, 0.29) is 0 Å². The quantitative estimate of drug-likeness (QED) is 0.656. The molecule has 2 rings (SSSR count). The molecule has 4 heteroatoms. The second-order valence-electron chi connectivity index (χ2n) is 4.67. The topological polar surface area (TPSA) is 39.7 Å². The van der Waals surface area contributed by atoms with Crippen LogP contribution in [-0.4, -0.2) is 52.2 Å². The molecule has 4 nitrogen and oxygen atoms in total. The molecule has 0 amide bonds. The van der Waals surface area contributed by atoms with Gasteiger partial charge in [0, 0.05) is 31.8 Å². The van der Waals surface area contributed by atoms with Gasteiger partial charge < -0.3 is 19.5 Å². The van der Waals surface area contributed by atoms with E-state index in [1.165, 1.54) is 0 Å². The highest BCUT2D eigenvalue weighted by molar-refractivity contribution is 4.70. The van der Waals surface area contributed by atoms with Gasteiger partial charge in [-0.15, -0.1) is 0 Å². The van der Waals surface area contributed by atoms with Gasteiger partial charge in [-0.25, -0.2) is 0 Å². The van der Waals surface area contributed by atoms with Gasteiger partial charge in [-0.3, -0.25) is 0 Å². The molecule has 0 aromatic rings. The molecule has 2 heterocycles. The first-order valence-corrected chi connectivity index (χ1v) is 6.42. The summed E-state index contributed by atoms with van der Waals surface area (Å²) >= 11 is 0. The van der Waals surface area contributed by atoms with Gasteiger partial charge in [0.05, 0.1) is 19.8 Å². The van der Waals surface area contributed by atoms with Crippen LogP contribution in [0.3, 0.4) is 0 Å². The lowest BCUT2D eigenvalue weighted by molar-refractivity contribution is 0.0878. The summed E-state index contributed by atoms with van der Waals surface area (Å²) in [7, 11) is 0. The van der Waals surface area contributed by atoms with Gasteiger partial charge in [-0.2, -0.15) is 0 Å². The predicted octanol–water partition coefficient (Wildman–Crippen LogP) is 0.808. The van der Waals surface area contributed by atoms with E-state index in [2.05, 4.69) is 5.32 Å². The number of hydrogen-bond donors (Lipinski definition) is 1. The maximum absolute atomic E-state index is 5.63. The lowest BCUT2D eigenvalue weighted by Gasteiger charge is -2.11. The van der Waals surface area contributed by atoms with Crippen LogP contribution in [0.2, 0.25) is 0 Å². The Balaban J connectivity index is 1.37. The Morgan fingerprint density at radius 3 is 2.75 bits per heavy atom. The van der Waals surface area contributed by atoms with Gasteiger partial charge in [0.15, 0.2) is 0 Å². The van der Waals surface area contributed by atoms with E-state index in [9.17, 15) is 0 Å². The van der Waals surface area contributed by atoms with Crippen molar-refractivity contribution in [2.24, 2.45) is 5.92 Å². The molecule has 0 aromatic carbocycles. The third-order valence-corrected chi connectivity index (χ3v) is 3.21. The zero-order valence-electron chi connectivity index (χ0n) is 9.95. The Morgan fingerprint density at radius 1 is 1.12 bits per heavy atom. The molecule has 16 heavy (non-hydrogen) atoms. The summed E-state index contributed by atoms with van der Waals surface area (Å²) in [6, 6.07) is 0.572. The average molecular weight is 229 g/mol. The van der Waals surface area contributed by atoms with Crippen molar-refractivity contribution >= 4 is 0 Å². The Labute approximate surface area is 97.6 Å². The lowest BCUT2D eigenvalue weighted by Crippen LogP contribution is -2.30. The molecule has 2 saturated heterocycles. The summed E-state index contributed by atoms with van der Waals surface area (Å²) in [5.41, 5.74) is 0. The maximum atomic E-state index is 5.63. The van der Waals surface area contributed by atoms with Crippen LogP contribution in [0, 0.1) is 5.92 Å². The van der Waals surface area contributed by atoms with Crippen LogP contribution in [0.1, 0.15) is 19.3 Å². The largest absolute Gasteiger partial charge is 0.381 e. The van der Waals surface area contributed by atoms with Crippen LogP contribution in [0.4, 0.5) is 0 Å². The van der Waals surface area contributed by atoms with E-state index < -0.39 is 0 Å².